The Labute approximate surface area is 67.9 Å². The Morgan fingerprint density at radius 2 is 2.09 bits per heavy atom. The summed E-state index contributed by atoms with van der Waals surface area (Å²) < 4.78 is 24.3. The quantitative estimate of drug-likeness (QED) is 0.447. The van der Waals surface area contributed by atoms with Gasteiger partial charge in [-0.25, -0.2) is 8.42 Å². The van der Waals surface area contributed by atoms with Gasteiger partial charge in [-0.1, -0.05) is 6.92 Å². The molecule has 6 heteroatoms. The van der Waals surface area contributed by atoms with E-state index < -0.39 is 11.0 Å². The number of nitrogens with two attached hydrogens (primary N) is 2. The van der Waals surface area contributed by atoms with Gasteiger partial charge in [0.2, 0.25) is 0 Å². The maximum Gasteiger partial charge on any atom is 0.257 e. The molecular weight excluding hydrogens is 168 g/mol. The van der Waals surface area contributed by atoms with Gasteiger partial charge in [0.25, 0.3) is 11.0 Å². The van der Waals surface area contributed by atoms with Crippen molar-refractivity contribution < 1.29 is 12.6 Å². The molecule has 0 aliphatic heterocycles. The van der Waals surface area contributed by atoms with Crippen LogP contribution in [0.5, 0.6) is 0 Å². The van der Waals surface area contributed by atoms with Crippen molar-refractivity contribution >= 4 is 11.0 Å². The molecule has 4 N–H and O–H groups in total. The van der Waals surface area contributed by atoms with Gasteiger partial charge in [0.15, 0.2) is 0 Å². The van der Waals surface area contributed by atoms with Crippen LogP contribution < -0.4 is 11.5 Å². The monoisotopic (exact) mass is 182 g/mol. The summed E-state index contributed by atoms with van der Waals surface area (Å²) in [5.41, 5.74) is 10.7. The SMILES string of the molecule is CC(CO[SH](=O)=O)C(N)CN. The Kier molecular flexibility index (Phi) is 5.39. The molecule has 0 aliphatic rings. The van der Waals surface area contributed by atoms with Gasteiger partial charge < -0.3 is 11.5 Å². The molecule has 0 bridgehead atoms. The molecule has 0 spiro atoms. The molecule has 0 aromatic rings. The van der Waals surface area contributed by atoms with Gasteiger partial charge in [-0.2, -0.15) is 0 Å². The van der Waals surface area contributed by atoms with Gasteiger partial charge in [-0.15, -0.1) is 0 Å². The average Bonchev–Trinajstić information content (AvgIpc) is 1.98. The van der Waals surface area contributed by atoms with Crippen LogP contribution in [0.1, 0.15) is 6.92 Å². The molecular formula is C5H14N2O3S. The molecule has 0 fully saturated rings. The largest absolute Gasteiger partial charge is 0.329 e. The van der Waals surface area contributed by atoms with E-state index in [4.69, 9.17) is 11.5 Å². The van der Waals surface area contributed by atoms with Crippen molar-refractivity contribution in [2.24, 2.45) is 17.4 Å². The van der Waals surface area contributed by atoms with Gasteiger partial charge in [0.05, 0.1) is 6.61 Å². The molecule has 0 amide bonds. The van der Waals surface area contributed by atoms with Crippen LogP contribution in [0.3, 0.4) is 0 Å². The second kappa shape index (κ2) is 5.48. The van der Waals surface area contributed by atoms with Crippen LogP contribution in [0.4, 0.5) is 0 Å². The molecule has 0 aromatic carbocycles. The summed E-state index contributed by atoms with van der Waals surface area (Å²) in [7, 11) is -2.76. The Balaban J connectivity index is 3.59. The highest BCUT2D eigenvalue weighted by Gasteiger charge is 2.10. The first-order chi connectivity index (χ1) is 5.07. The zero-order valence-corrected chi connectivity index (χ0v) is 7.29. The Hall–Kier alpha value is -0.170. The average molecular weight is 182 g/mol. The van der Waals surface area contributed by atoms with Crippen molar-refractivity contribution in [3.05, 3.63) is 0 Å². The highest BCUT2D eigenvalue weighted by Crippen LogP contribution is 1.99. The summed E-state index contributed by atoms with van der Waals surface area (Å²) in [6, 6.07) is -0.204. The minimum absolute atomic E-state index is 0.0344. The number of hydrogen-bond donors (Lipinski definition) is 3. The van der Waals surface area contributed by atoms with E-state index >= 15 is 0 Å². The minimum Gasteiger partial charge on any atom is -0.329 e. The van der Waals surface area contributed by atoms with E-state index in [1.54, 1.807) is 6.92 Å². The van der Waals surface area contributed by atoms with Crippen molar-refractivity contribution in [2.75, 3.05) is 13.2 Å². The predicted molar refractivity (Wildman–Crippen MR) is 42.5 cm³/mol. The highest BCUT2D eigenvalue weighted by molar-refractivity contribution is 7.67. The second-order valence-electron chi connectivity index (χ2n) is 2.40. The zero-order chi connectivity index (χ0) is 8.85. The molecule has 11 heavy (non-hydrogen) atoms. The molecule has 68 valence electrons. The van der Waals surface area contributed by atoms with Crippen molar-refractivity contribution in [2.45, 2.75) is 13.0 Å². The Morgan fingerprint density at radius 3 is 2.45 bits per heavy atom. The van der Waals surface area contributed by atoms with Crippen LogP contribution in [0, 0.1) is 5.92 Å². The number of thiol groups is 1. The molecule has 0 radical (unpaired) electrons. The Morgan fingerprint density at radius 1 is 1.55 bits per heavy atom. The molecule has 2 unspecified atom stereocenters. The smallest absolute Gasteiger partial charge is 0.257 e. The minimum atomic E-state index is -2.76. The molecule has 0 saturated heterocycles. The van der Waals surface area contributed by atoms with Crippen molar-refractivity contribution in [3.63, 3.8) is 0 Å². The van der Waals surface area contributed by atoms with E-state index in [2.05, 4.69) is 4.18 Å². The van der Waals surface area contributed by atoms with E-state index in [0.717, 1.165) is 0 Å². The zero-order valence-electron chi connectivity index (χ0n) is 6.40. The van der Waals surface area contributed by atoms with Crippen LogP contribution >= 0.6 is 0 Å². The van der Waals surface area contributed by atoms with Gasteiger partial charge in [-0.05, 0) is 5.92 Å². The van der Waals surface area contributed by atoms with Gasteiger partial charge >= 0.3 is 0 Å². The summed E-state index contributed by atoms with van der Waals surface area (Å²) in [6.45, 7) is 2.23. The van der Waals surface area contributed by atoms with Gasteiger partial charge in [0, 0.05) is 12.6 Å². The summed E-state index contributed by atoms with van der Waals surface area (Å²) in [5, 5.41) is 0. The van der Waals surface area contributed by atoms with Crippen molar-refractivity contribution in [1.82, 2.24) is 0 Å². The third-order valence-corrected chi connectivity index (χ3v) is 1.81. The summed E-state index contributed by atoms with van der Waals surface area (Å²) in [6.07, 6.45) is 0. The van der Waals surface area contributed by atoms with Gasteiger partial charge in [0.1, 0.15) is 0 Å². The predicted octanol–water partition coefficient (Wildman–Crippen LogP) is -1.55. The third-order valence-electron chi connectivity index (χ3n) is 1.45. The summed E-state index contributed by atoms with van der Waals surface area (Å²) >= 11 is 0. The fourth-order valence-electron chi connectivity index (χ4n) is 0.534. The topological polar surface area (TPSA) is 95.4 Å². The van der Waals surface area contributed by atoms with E-state index in [-0.39, 0.29) is 18.6 Å². The second-order valence-corrected chi connectivity index (χ2v) is 3.10. The van der Waals surface area contributed by atoms with Crippen LogP contribution in [0.25, 0.3) is 0 Å². The summed E-state index contributed by atoms with van der Waals surface area (Å²) in [5.74, 6) is -0.0344. The molecule has 5 nitrogen and oxygen atoms in total. The molecule has 0 saturated carbocycles. The maximum absolute atomic E-state index is 9.96. The van der Waals surface area contributed by atoms with Crippen molar-refractivity contribution in [3.8, 4) is 0 Å². The molecule has 2 atom stereocenters. The van der Waals surface area contributed by atoms with Crippen LogP contribution in [-0.2, 0) is 15.2 Å². The third kappa shape index (κ3) is 5.14. The van der Waals surface area contributed by atoms with Crippen LogP contribution in [-0.4, -0.2) is 27.6 Å². The van der Waals surface area contributed by atoms with E-state index in [0.29, 0.717) is 6.54 Å². The molecule has 0 heterocycles. The standard InChI is InChI=1S/C5H14N2O3S/c1-4(5(7)2-6)3-10-11(8)9/h4-5,11H,2-3,6-7H2,1H3. The lowest BCUT2D eigenvalue weighted by molar-refractivity contribution is 0.253. The first-order valence-corrected chi connectivity index (χ1v) is 4.40. The van der Waals surface area contributed by atoms with E-state index in [1.807, 2.05) is 0 Å². The van der Waals surface area contributed by atoms with Gasteiger partial charge in [-0.3, -0.25) is 4.18 Å². The van der Waals surface area contributed by atoms with E-state index in [9.17, 15) is 8.42 Å². The highest BCUT2D eigenvalue weighted by atomic mass is 32.2. The van der Waals surface area contributed by atoms with E-state index in [1.165, 1.54) is 0 Å². The Bertz CT molecular complexity index is 163. The molecule has 0 aliphatic carbocycles. The first-order valence-electron chi connectivity index (χ1n) is 3.31. The van der Waals surface area contributed by atoms with Crippen LogP contribution in [0.15, 0.2) is 0 Å². The van der Waals surface area contributed by atoms with Crippen molar-refractivity contribution in [1.29, 1.82) is 0 Å². The fraction of sp³-hybridized carbons (Fsp3) is 1.00. The molecule has 0 aromatic heterocycles. The number of hydrogen-bond acceptors (Lipinski definition) is 5. The lowest BCUT2D eigenvalue weighted by Gasteiger charge is -2.15. The van der Waals surface area contributed by atoms with Crippen LogP contribution in [0.2, 0.25) is 0 Å². The lowest BCUT2D eigenvalue weighted by Crippen LogP contribution is -2.37. The first kappa shape index (κ1) is 10.8. The summed E-state index contributed by atoms with van der Waals surface area (Å²) in [4.78, 5) is 0. The fourth-order valence-corrected chi connectivity index (χ4v) is 0.891. The number of rotatable bonds is 5. The normalized spacial score (nSPS) is 16.7. The molecule has 0 rings (SSSR count). The lowest BCUT2D eigenvalue weighted by atomic mass is 10.1. The maximum atomic E-state index is 9.96.